The first-order chi connectivity index (χ1) is 14.0. The van der Waals surface area contributed by atoms with Gasteiger partial charge in [-0.3, -0.25) is 14.4 Å². The van der Waals surface area contributed by atoms with Crippen LogP contribution in [0.1, 0.15) is 68.7 Å². The second kappa shape index (κ2) is 9.90. The molecule has 6 heteroatoms. The number of esters is 1. The number of ether oxygens (including phenoxy) is 1. The van der Waals surface area contributed by atoms with Crippen molar-refractivity contribution in [2.24, 2.45) is 5.92 Å². The number of rotatable bonds is 5. The molecule has 0 saturated carbocycles. The molecular weight excluding hydrogens is 368 g/mol. The predicted molar refractivity (Wildman–Crippen MR) is 110 cm³/mol. The maximum atomic E-state index is 12.6. The van der Waals surface area contributed by atoms with E-state index in [4.69, 9.17) is 4.74 Å². The topological polar surface area (TPSA) is 75.7 Å². The van der Waals surface area contributed by atoms with Gasteiger partial charge in [-0.2, -0.15) is 0 Å². The average molecular weight is 401 g/mol. The quantitative estimate of drug-likeness (QED) is 0.609. The smallest absolute Gasteiger partial charge is 0.311 e. The summed E-state index contributed by atoms with van der Waals surface area (Å²) in [7, 11) is 0. The molecule has 2 amide bonds. The molecule has 1 saturated heterocycles. The summed E-state index contributed by atoms with van der Waals surface area (Å²) in [4.78, 5) is 38.6. The van der Waals surface area contributed by atoms with E-state index in [0.717, 1.165) is 24.8 Å². The summed E-state index contributed by atoms with van der Waals surface area (Å²) in [6.07, 6.45) is 6.46. The van der Waals surface area contributed by atoms with Crippen LogP contribution in [0.5, 0.6) is 0 Å². The SMILES string of the molecule is CCOC(=O)C1CCN(C(=O)C(=O)NC(CC)c2ccc3c(c2)CCCC3)CC1. The van der Waals surface area contributed by atoms with Crippen molar-refractivity contribution in [3.05, 3.63) is 34.9 Å². The summed E-state index contributed by atoms with van der Waals surface area (Å²) in [5, 5.41) is 2.92. The van der Waals surface area contributed by atoms with E-state index >= 15 is 0 Å². The Morgan fingerprint density at radius 1 is 1.10 bits per heavy atom. The van der Waals surface area contributed by atoms with Gasteiger partial charge in [0.15, 0.2) is 0 Å². The van der Waals surface area contributed by atoms with Crippen molar-refractivity contribution in [3.63, 3.8) is 0 Å². The molecule has 1 N–H and O–H groups in total. The molecule has 1 aromatic carbocycles. The fraction of sp³-hybridized carbons (Fsp3) is 0.609. The molecule has 1 aromatic rings. The van der Waals surface area contributed by atoms with Crippen LogP contribution in [0.3, 0.4) is 0 Å². The van der Waals surface area contributed by atoms with E-state index in [1.807, 2.05) is 6.92 Å². The third-order valence-electron chi connectivity index (χ3n) is 6.08. The number of fused-ring (bicyclic) bond motifs is 1. The van der Waals surface area contributed by atoms with Crippen LogP contribution < -0.4 is 5.32 Å². The number of amides is 2. The van der Waals surface area contributed by atoms with Crippen molar-refractivity contribution >= 4 is 17.8 Å². The molecule has 2 aliphatic rings. The fourth-order valence-corrected chi connectivity index (χ4v) is 4.33. The molecule has 1 heterocycles. The molecule has 0 radical (unpaired) electrons. The molecule has 1 fully saturated rings. The van der Waals surface area contributed by atoms with E-state index in [1.54, 1.807) is 11.8 Å². The zero-order valence-corrected chi connectivity index (χ0v) is 17.5. The van der Waals surface area contributed by atoms with Gasteiger partial charge in [0, 0.05) is 13.1 Å². The minimum absolute atomic E-state index is 0.171. The van der Waals surface area contributed by atoms with Crippen molar-refractivity contribution in [2.45, 2.75) is 64.8 Å². The van der Waals surface area contributed by atoms with E-state index in [-0.39, 0.29) is 17.9 Å². The van der Waals surface area contributed by atoms with Crippen LogP contribution in [0.2, 0.25) is 0 Å². The Morgan fingerprint density at radius 3 is 2.45 bits per heavy atom. The molecule has 0 aromatic heterocycles. The van der Waals surface area contributed by atoms with Crippen LogP contribution >= 0.6 is 0 Å². The molecule has 1 atom stereocenters. The van der Waals surface area contributed by atoms with Gasteiger partial charge in [0.2, 0.25) is 0 Å². The highest BCUT2D eigenvalue weighted by atomic mass is 16.5. The monoisotopic (exact) mass is 400 g/mol. The van der Waals surface area contributed by atoms with Crippen molar-refractivity contribution in [2.75, 3.05) is 19.7 Å². The van der Waals surface area contributed by atoms with E-state index < -0.39 is 11.8 Å². The Balaban J connectivity index is 1.57. The lowest BCUT2D eigenvalue weighted by molar-refractivity contribution is -0.152. The lowest BCUT2D eigenvalue weighted by Crippen LogP contribution is -2.48. The van der Waals surface area contributed by atoms with Gasteiger partial charge in [-0.15, -0.1) is 0 Å². The lowest BCUT2D eigenvalue weighted by atomic mass is 9.89. The van der Waals surface area contributed by atoms with Crippen LogP contribution in [0.15, 0.2) is 18.2 Å². The molecule has 0 bridgehead atoms. The summed E-state index contributed by atoms with van der Waals surface area (Å²) in [5.41, 5.74) is 3.84. The molecular formula is C23H32N2O4. The molecule has 1 unspecified atom stereocenters. The van der Waals surface area contributed by atoms with Gasteiger partial charge in [-0.1, -0.05) is 25.1 Å². The van der Waals surface area contributed by atoms with Crippen molar-refractivity contribution < 1.29 is 19.1 Å². The molecule has 158 valence electrons. The zero-order chi connectivity index (χ0) is 20.8. The Morgan fingerprint density at radius 2 is 1.79 bits per heavy atom. The van der Waals surface area contributed by atoms with Crippen LogP contribution in [0.4, 0.5) is 0 Å². The van der Waals surface area contributed by atoms with Gasteiger partial charge < -0.3 is 15.0 Å². The van der Waals surface area contributed by atoms with Crippen LogP contribution in [-0.2, 0) is 32.0 Å². The maximum Gasteiger partial charge on any atom is 0.311 e. The summed E-state index contributed by atoms with van der Waals surface area (Å²) < 4.78 is 5.06. The second-order valence-corrected chi connectivity index (χ2v) is 7.99. The number of benzene rings is 1. The molecule has 1 aliphatic carbocycles. The second-order valence-electron chi connectivity index (χ2n) is 7.99. The highest BCUT2D eigenvalue weighted by molar-refractivity contribution is 6.35. The fourth-order valence-electron chi connectivity index (χ4n) is 4.33. The van der Waals surface area contributed by atoms with Gasteiger partial charge in [0.25, 0.3) is 0 Å². The summed E-state index contributed by atoms with van der Waals surface area (Å²) >= 11 is 0. The number of piperidine rings is 1. The van der Waals surface area contributed by atoms with E-state index in [2.05, 4.69) is 23.5 Å². The van der Waals surface area contributed by atoms with Gasteiger partial charge in [-0.25, -0.2) is 0 Å². The van der Waals surface area contributed by atoms with Crippen molar-refractivity contribution in [1.82, 2.24) is 10.2 Å². The van der Waals surface area contributed by atoms with Gasteiger partial charge in [-0.05, 0) is 68.6 Å². The van der Waals surface area contributed by atoms with Gasteiger partial charge >= 0.3 is 17.8 Å². The van der Waals surface area contributed by atoms with Gasteiger partial charge in [0.1, 0.15) is 0 Å². The lowest BCUT2D eigenvalue weighted by Gasteiger charge is -2.31. The maximum absolute atomic E-state index is 12.6. The number of nitrogens with one attached hydrogen (secondary N) is 1. The minimum atomic E-state index is -0.566. The largest absolute Gasteiger partial charge is 0.466 e. The van der Waals surface area contributed by atoms with E-state index in [9.17, 15) is 14.4 Å². The van der Waals surface area contributed by atoms with Crippen LogP contribution in [0.25, 0.3) is 0 Å². The number of aryl methyl sites for hydroxylation is 2. The van der Waals surface area contributed by atoms with Gasteiger partial charge in [0.05, 0.1) is 18.6 Å². The standard InChI is InChI=1S/C23H32N2O4/c1-3-20(19-10-9-16-7-5-6-8-18(16)15-19)24-21(26)22(27)25-13-11-17(12-14-25)23(28)29-4-2/h9-10,15,17,20H,3-8,11-14H2,1-2H3,(H,24,26). The summed E-state index contributed by atoms with van der Waals surface area (Å²) in [6, 6.07) is 6.27. The number of nitrogens with zero attached hydrogens (tertiary/aromatic N) is 1. The Kier molecular flexibility index (Phi) is 7.29. The van der Waals surface area contributed by atoms with Crippen molar-refractivity contribution in [1.29, 1.82) is 0 Å². The zero-order valence-electron chi connectivity index (χ0n) is 17.5. The first-order valence-corrected chi connectivity index (χ1v) is 10.9. The Bertz CT molecular complexity index is 753. The normalized spacial score (nSPS) is 17.9. The molecule has 0 spiro atoms. The summed E-state index contributed by atoms with van der Waals surface area (Å²) in [6.45, 7) is 4.98. The Hall–Kier alpha value is -2.37. The molecule has 3 rings (SSSR count). The number of likely N-dealkylation sites (tertiary alicyclic amines) is 1. The van der Waals surface area contributed by atoms with Crippen molar-refractivity contribution in [3.8, 4) is 0 Å². The molecule has 6 nitrogen and oxygen atoms in total. The highest BCUT2D eigenvalue weighted by Gasteiger charge is 2.31. The van der Waals surface area contributed by atoms with E-state index in [1.165, 1.54) is 24.0 Å². The third-order valence-corrected chi connectivity index (χ3v) is 6.08. The third kappa shape index (κ3) is 5.17. The number of hydrogen-bond acceptors (Lipinski definition) is 4. The first-order valence-electron chi connectivity index (χ1n) is 10.9. The summed E-state index contributed by atoms with van der Waals surface area (Å²) in [5.74, 6) is -1.46. The molecule has 29 heavy (non-hydrogen) atoms. The van der Waals surface area contributed by atoms with E-state index in [0.29, 0.717) is 32.5 Å². The number of hydrogen-bond donors (Lipinski definition) is 1. The highest BCUT2D eigenvalue weighted by Crippen LogP contribution is 2.26. The molecule has 1 aliphatic heterocycles. The first kappa shape index (κ1) is 21.3. The minimum Gasteiger partial charge on any atom is -0.466 e. The van der Waals surface area contributed by atoms with Crippen LogP contribution in [-0.4, -0.2) is 42.4 Å². The Labute approximate surface area is 173 Å². The average Bonchev–Trinajstić information content (AvgIpc) is 2.76. The van der Waals surface area contributed by atoms with Crippen LogP contribution in [0, 0.1) is 5.92 Å². The number of carbonyl (C=O) groups excluding carboxylic acids is 3. The predicted octanol–water partition coefficient (Wildman–Crippen LogP) is 2.93. The number of carbonyl (C=O) groups is 3.